The molecule has 17 heavy (non-hydrogen) atoms. The number of anilines is 1. The lowest BCUT2D eigenvalue weighted by Gasteiger charge is -2.04. The maximum atomic E-state index is 13.0. The van der Waals surface area contributed by atoms with E-state index in [2.05, 4.69) is 0 Å². The summed E-state index contributed by atoms with van der Waals surface area (Å²) in [5.41, 5.74) is 8.02. The fourth-order valence-electron chi connectivity index (χ4n) is 1.58. The first-order valence-electron chi connectivity index (χ1n) is 5.24. The van der Waals surface area contributed by atoms with Crippen LogP contribution in [0.5, 0.6) is 0 Å². The fourth-order valence-corrected chi connectivity index (χ4v) is 1.58. The second-order valence-electron chi connectivity index (χ2n) is 3.91. The number of rotatable bonds is 2. The summed E-state index contributed by atoms with van der Waals surface area (Å²) in [6.07, 6.45) is 0. The van der Waals surface area contributed by atoms with E-state index in [0.717, 1.165) is 5.56 Å². The molecule has 0 spiro atoms. The molecule has 0 atom stereocenters. The van der Waals surface area contributed by atoms with Crippen molar-refractivity contribution in [3.05, 3.63) is 65.0 Å². The smallest absolute Gasteiger partial charge is 0.193 e. The molecule has 2 nitrogen and oxygen atoms in total. The monoisotopic (exact) mass is 229 g/mol. The van der Waals surface area contributed by atoms with Crippen LogP contribution in [-0.4, -0.2) is 5.78 Å². The summed E-state index contributed by atoms with van der Waals surface area (Å²) in [5.74, 6) is -0.646. The second-order valence-corrected chi connectivity index (χ2v) is 3.91. The predicted molar refractivity (Wildman–Crippen MR) is 65.4 cm³/mol. The number of nitrogen functional groups attached to an aromatic ring is 1. The van der Waals surface area contributed by atoms with E-state index < -0.39 is 5.82 Å². The summed E-state index contributed by atoms with van der Waals surface area (Å²) < 4.78 is 13.0. The highest BCUT2D eigenvalue weighted by Gasteiger charge is 2.10. The zero-order valence-electron chi connectivity index (χ0n) is 9.41. The lowest BCUT2D eigenvalue weighted by molar-refractivity contribution is 0.103. The van der Waals surface area contributed by atoms with Crippen LogP contribution < -0.4 is 5.73 Å². The van der Waals surface area contributed by atoms with Gasteiger partial charge in [0.05, 0.1) is 0 Å². The Labute approximate surface area is 98.9 Å². The topological polar surface area (TPSA) is 43.1 Å². The minimum absolute atomic E-state index is 0.226. The average Bonchev–Trinajstić information content (AvgIpc) is 2.32. The Kier molecular flexibility index (Phi) is 2.91. The summed E-state index contributed by atoms with van der Waals surface area (Å²) in [4.78, 5) is 12.0. The quantitative estimate of drug-likeness (QED) is 0.635. The number of hydrogen-bond donors (Lipinski definition) is 1. The highest BCUT2D eigenvalue weighted by Crippen LogP contribution is 2.16. The summed E-state index contributed by atoms with van der Waals surface area (Å²) in [6, 6.07) is 10.7. The van der Waals surface area contributed by atoms with Gasteiger partial charge in [0.15, 0.2) is 5.78 Å². The zero-order chi connectivity index (χ0) is 12.4. The number of halogens is 1. The third-order valence-corrected chi connectivity index (χ3v) is 2.63. The van der Waals surface area contributed by atoms with Crippen molar-refractivity contribution in [1.29, 1.82) is 0 Å². The summed E-state index contributed by atoms with van der Waals surface area (Å²) in [6.45, 7) is 1.87. The van der Waals surface area contributed by atoms with Crippen molar-refractivity contribution in [3.8, 4) is 0 Å². The molecule has 0 aromatic heterocycles. The molecule has 2 aromatic rings. The normalized spacial score (nSPS) is 10.2. The Balaban J connectivity index is 2.40. The number of ketones is 1. The van der Waals surface area contributed by atoms with Crippen LogP contribution >= 0.6 is 0 Å². The van der Waals surface area contributed by atoms with Gasteiger partial charge in [-0.05, 0) is 30.7 Å². The molecule has 3 heteroatoms. The first kappa shape index (κ1) is 11.3. The third-order valence-electron chi connectivity index (χ3n) is 2.63. The van der Waals surface area contributed by atoms with Gasteiger partial charge in [-0.3, -0.25) is 4.79 Å². The van der Waals surface area contributed by atoms with Crippen molar-refractivity contribution in [2.75, 3.05) is 5.73 Å². The SMILES string of the molecule is Cc1ccc(C(=O)c2cccc(F)c2)cc1N. The van der Waals surface area contributed by atoms with Gasteiger partial charge in [0.2, 0.25) is 0 Å². The first-order valence-corrected chi connectivity index (χ1v) is 5.24. The second kappa shape index (κ2) is 4.37. The van der Waals surface area contributed by atoms with Crippen molar-refractivity contribution < 1.29 is 9.18 Å². The number of aryl methyl sites for hydroxylation is 1. The molecule has 2 rings (SSSR count). The Morgan fingerprint density at radius 2 is 1.82 bits per heavy atom. The Hall–Kier alpha value is -2.16. The number of nitrogens with two attached hydrogens (primary N) is 1. The Morgan fingerprint density at radius 3 is 2.47 bits per heavy atom. The van der Waals surface area contributed by atoms with E-state index >= 15 is 0 Å². The average molecular weight is 229 g/mol. The molecule has 0 saturated heterocycles. The van der Waals surface area contributed by atoms with Gasteiger partial charge < -0.3 is 5.73 Å². The number of benzene rings is 2. The summed E-state index contributed by atoms with van der Waals surface area (Å²) in [7, 11) is 0. The van der Waals surface area contributed by atoms with E-state index in [4.69, 9.17) is 5.73 Å². The van der Waals surface area contributed by atoms with E-state index in [1.54, 1.807) is 24.3 Å². The van der Waals surface area contributed by atoms with Crippen LogP contribution in [0.2, 0.25) is 0 Å². The van der Waals surface area contributed by atoms with Gasteiger partial charge in [-0.2, -0.15) is 0 Å². The number of hydrogen-bond acceptors (Lipinski definition) is 2. The fraction of sp³-hybridized carbons (Fsp3) is 0.0714. The molecule has 0 fully saturated rings. The summed E-state index contributed by atoms with van der Waals surface area (Å²) in [5, 5.41) is 0. The van der Waals surface area contributed by atoms with Crippen LogP contribution in [-0.2, 0) is 0 Å². The highest BCUT2D eigenvalue weighted by atomic mass is 19.1. The lowest BCUT2D eigenvalue weighted by atomic mass is 10.0. The van der Waals surface area contributed by atoms with Gasteiger partial charge in [-0.25, -0.2) is 4.39 Å². The third kappa shape index (κ3) is 2.33. The van der Waals surface area contributed by atoms with E-state index in [-0.39, 0.29) is 5.78 Å². The van der Waals surface area contributed by atoms with Crippen molar-refractivity contribution in [2.45, 2.75) is 6.92 Å². The first-order chi connectivity index (χ1) is 8.08. The van der Waals surface area contributed by atoms with Gasteiger partial charge in [-0.1, -0.05) is 24.3 Å². The van der Waals surface area contributed by atoms with E-state index in [0.29, 0.717) is 16.8 Å². The maximum absolute atomic E-state index is 13.0. The predicted octanol–water partition coefficient (Wildman–Crippen LogP) is 2.95. The number of carbonyl (C=O) groups excluding carboxylic acids is 1. The molecule has 2 aromatic carbocycles. The van der Waals surface area contributed by atoms with Crippen LogP contribution in [0.4, 0.5) is 10.1 Å². The van der Waals surface area contributed by atoms with Crippen LogP contribution in [0.3, 0.4) is 0 Å². The molecular formula is C14H12FNO. The maximum Gasteiger partial charge on any atom is 0.193 e. The molecule has 0 bridgehead atoms. The molecule has 0 saturated carbocycles. The standard InChI is InChI=1S/C14H12FNO/c1-9-5-6-11(8-13(9)16)14(17)10-3-2-4-12(15)7-10/h2-8H,16H2,1H3. The van der Waals surface area contributed by atoms with E-state index in [9.17, 15) is 9.18 Å². The van der Waals surface area contributed by atoms with E-state index in [1.165, 1.54) is 18.2 Å². The molecule has 0 radical (unpaired) electrons. The molecule has 0 heterocycles. The Morgan fingerprint density at radius 1 is 1.12 bits per heavy atom. The molecular weight excluding hydrogens is 217 g/mol. The van der Waals surface area contributed by atoms with Crippen molar-refractivity contribution in [1.82, 2.24) is 0 Å². The van der Waals surface area contributed by atoms with Crippen molar-refractivity contribution in [2.24, 2.45) is 0 Å². The summed E-state index contributed by atoms with van der Waals surface area (Å²) >= 11 is 0. The van der Waals surface area contributed by atoms with Crippen LogP contribution in [0, 0.1) is 12.7 Å². The minimum atomic E-state index is -0.420. The molecule has 0 unspecified atom stereocenters. The Bertz CT molecular complexity index is 578. The van der Waals surface area contributed by atoms with E-state index in [1.807, 2.05) is 6.92 Å². The van der Waals surface area contributed by atoms with Gasteiger partial charge in [-0.15, -0.1) is 0 Å². The molecule has 0 amide bonds. The zero-order valence-corrected chi connectivity index (χ0v) is 9.41. The van der Waals surface area contributed by atoms with Crippen LogP contribution in [0.15, 0.2) is 42.5 Å². The largest absolute Gasteiger partial charge is 0.398 e. The molecule has 0 aliphatic carbocycles. The minimum Gasteiger partial charge on any atom is -0.398 e. The lowest BCUT2D eigenvalue weighted by Crippen LogP contribution is -2.03. The van der Waals surface area contributed by atoms with Gasteiger partial charge in [0.1, 0.15) is 5.82 Å². The van der Waals surface area contributed by atoms with Crippen molar-refractivity contribution >= 4 is 11.5 Å². The molecule has 0 aliphatic heterocycles. The van der Waals surface area contributed by atoms with Gasteiger partial charge in [0, 0.05) is 16.8 Å². The van der Waals surface area contributed by atoms with Gasteiger partial charge >= 0.3 is 0 Å². The van der Waals surface area contributed by atoms with Crippen LogP contribution in [0.25, 0.3) is 0 Å². The molecule has 2 N–H and O–H groups in total. The number of carbonyl (C=O) groups is 1. The van der Waals surface area contributed by atoms with Crippen molar-refractivity contribution in [3.63, 3.8) is 0 Å². The van der Waals surface area contributed by atoms with Gasteiger partial charge in [0.25, 0.3) is 0 Å². The molecule has 86 valence electrons. The highest BCUT2D eigenvalue weighted by molar-refractivity contribution is 6.09. The van der Waals surface area contributed by atoms with Crippen LogP contribution in [0.1, 0.15) is 21.5 Å². The molecule has 0 aliphatic rings.